The highest BCUT2D eigenvalue weighted by Crippen LogP contribution is 2.25. The Bertz CT molecular complexity index is 900. The molecule has 0 spiro atoms. The topological polar surface area (TPSA) is 49.9 Å². The number of fused-ring (bicyclic) bond motifs is 1. The molecule has 0 saturated heterocycles. The van der Waals surface area contributed by atoms with Crippen LogP contribution < -0.4 is 4.74 Å². The van der Waals surface area contributed by atoms with Crippen molar-refractivity contribution in [2.45, 2.75) is 32.7 Å². The zero-order valence-electron chi connectivity index (χ0n) is 17.8. The summed E-state index contributed by atoms with van der Waals surface area (Å²) in [6, 6.07) is 14.3. The maximum atomic E-state index is 13.4. The summed E-state index contributed by atoms with van der Waals surface area (Å²) in [5.74, 6) is 0.588. The van der Waals surface area contributed by atoms with Crippen LogP contribution in [-0.2, 0) is 0 Å². The van der Waals surface area contributed by atoms with Gasteiger partial charge in [0.05, 0.1) is 22.2 Å². The van der Waals surface area contributed by atoms with Gasteiger partial charge in [-0.15, -0.1) is 0 Å². The van der Waals surface area contributed by atoms with E-state index in [1.807, 2.05) is 35.2 Å². The fraction of sp³-hybridized carbons (Fsp3) is 0.417. The Kier molecular flexibility index (Phi) is 7.38. The molecule has 1 heterocycles. The van der Waals surface area contributed by atoms with Gasteiger partial charge in [-0.1, -0.05) is 49.7 Å². The molecule has 0 saturated carbocycles. The van der Waals surface area contributed by atoms with Crippen molar-refractivity contribution in [2.24, 2.45) is 5.92 Å². The maximum Gasteiger partial charge on any atom is 0.257 e. The van der Waals surface area contributed by atoms with Gasteiger partial charge in [0.1, 0.15) is 12.4 Å². The molecule has 160 valence electrons. The minimum atomic E-state index is -0.144. The van der Waals surface area contributed by atoms with Crippen LogP contribution in [0.4, 0.5) is 0 Å². The summed E-state index contributed by atoms with van der Waals surface area (Å²) >= 11 is 6.32. The summed E-state index contributed by atoms with van der Waals surface area (Å²) in [4.78, 5) is 29.9. The van der Waals surface area contributed by atoms with Gasteiger partial charge in [-0.3, -0.25) is 9.59 Å². The van der Waals surface area contributed by atoms with Gasteiger partial charge in [0, 0.05) is 20.1 Å². The minimum absolute atomic E-state index is 0.0451. The molecule has 0 aliphatic carbocycles. The van der Waals surface area contributed by atoms with E-state index >= 15 is 0 Å². The van der Waals surface area contributed by atoms with Crippen molar-refractivity contribution in [3.05, 3.63) is 64.7 Å². The Hall–Kier alpha value is -2.53. The van der Waals surface area contributed by atoms with Crippen LogP contribution >= 0.6 is 11.6 Å². The van der Waals surface area contributed by atoms with Crippen LogP contribution in [0.5, 0.6) is 5.75 Å². The third-order valence-electron chi connectivity index (χ3n) is 5.55. The predicted octanol–water partition coefficient (Wildman–Crippen LogP) is 4.75. The molecule has 3 rings (SSSR count). The summed E-state index contributed by atoms with van der Waals surface area (Å²) in [6.07, 6.45) is 1.60. The van der Waals surface area contributed by atoms with E-state index in [4.69, 9.17) is 16.3 Å². The molecule has 1 aliphatic rings. The second-order valence-corrected chi connectivity index (χ2v) is 8.44. The van der Waals surface area contributed by atoms with Crippen molar-refractivity contribution < 1.29 is 14.3 Å². The molecule has 2 aromatic carbocycles. The lowest BCUT2D eigenvalue weighted by molar-refractivity contribution is 0.0515. The fourth-order valence-electron chi connectivity index (χ4n) is 3.73. The first kappa shape index (κ1) is 22.2. The quantitative estimate of drug-likeness (QED) is 0.693. The number of amides is 2. The van der Waals surface area contributed by atoms with Gasteiger partial charge in [-0.05, 0) is 43.0 Å². The molecule has 0 unspecified atom stereocenters. The molecule has 0 aromatic heterocycles. The Labute approximate surface area is 183 Å². The van der Waals surface area contributed by atoms with E-state index in [0.717, 1.165) is 12.8 Å². The zero-order chi connectivity index (χ0) is 21.7. The normalized spacial score (nSPS) is 18.3. The summed E-state index contributed by atoms with van der Waals surface area (Å²) in [5, 5.41) is 0.452. The minimum Gasteiger partial charge on any atom is -0.491 e. The molecule has 0 radical (unpaired) electrons. The molecule has 2 amide bonds. The zero-order valence-corrected chi connectivity index (χ0v) is 18.6. The highest BCUT2D eigenvalue weighted by Gasteiger charge is 2.30. The predicted molar refractivity (Wildman–Crippen MR) is 119 cm³/mol. The van der Waals surface area contributed by atoms with Gasteiger partial charge < -0.3 is 14.5 Å². The number of ether oxygens (including phenoxy) is 1. The van der Waals surface area contributed by atoms with Crippen molar-refractivity contribution in [2.75, 3.05) is 26.7 Å². The number of halogens is 1. The lowest BCUT2D eigenvalue weighted by Crippen LogP contribution is -2.47. The van der Waals surface area contributed by atoms with Crippen LogP contribution in [0.25, 0.3) is 0 Å². The Balaban J connectivity index is 1.95. The molecule has 1 atom stereocenters. The van der Waals surface area contributed by atoms with Gasteiger partial charge >= 0.3 is 0 Å². The number of hydrogen-bond donors (Lipinski definition) is 0. The number of benzene rings is 2. The Morgan fingerprint density at radius 1 is 1.07 bits per heavy atom. The van der Waals surface area contributed by atoms with Gasteiger partial charge in [0.25, 0.3) is 11.8 Å². The third kappa shape index (κ3) is 4.96. The Morgan fingerprint density at radius 3 is 2.47 bits per heavy atom. The smallest absolute Gasteiger partial charge is 0.257 e. The van der Waals surface area contributed by atoms with Crippen molar-refractivity contribution in [3.8, 4) is 5.75 Å². The summed E-state index contributed by atoms with van der Waals surface area (Å²) in [7, 11) is 1.80. The van der Waals surface area contributed by atoms with Crippen LogP contribution in [-0.4, -0.2) is 54.4 Å². The van der Waals surface area contributed by atoms with E-state index in [2.05, 4.69) is 13.8 Å². The highest BCUT2D eigenvalue weighted by molar-refractivity contribution is 6.33. The lowest BCUT2D eigenvalue weighted by Gasteiger charge is -2.35. The summed E-state index contributed by atoms with van der Waals surface area (Å²) < 4.78 is 6.13. The lowest BCUT2D eigenvalue weighted by atomic mass is 10.0. The van der Waals surface area contributed by atoms with Gasteiger partial charge in [-0.25, -0.2) is 0 Å². The van der Waals surface area contributed by atoms with E-state index in [1.165, 1.54) is 0 Å². The Morgan fingerprint density at radius 2 is 1.73 bits per heavy atom. The highest BCUT2D eigenvalue weighted by atomic mass is 35.5. The number of rotatable bonds is 2. The average Bonchev–Trinajstić information content (AvgIpc) is 2.73. The van der Waals surface area contributed by atoms with Gasteiger partial charge in [-0.2, -0.15) is 0 Å². The number of hydrogen-bond acceptors (Lipinski definition) is 3. The monoisotopic (exact) mass is 428 g/mol. The van der Waals surface area contributed by atoms with E-state index in [0.29, 0.717) is 41.6 Å². The largest absolute Gasteiger partial charge is 0.491 e. The van der Waals surface area contributed by atoms with Crippen LogP contribution in [0, 0.1) is 5.92 Å². The molecule has 0 bridgehead atoms. The molecule has 6 heteroatoms. The van der Waals surface area contributed by atoms with E-state index in [9.17, 15) is 9.59 Å². The van der Waals surface area contributed by atoms with Crippen molar-refractivity contribution >= 4 is 23.4 Å². The van der Waals surface area contributed by atoms with Gasteiger partial charge in [0.2, 0.25) is 0 Å². The van der Waals surface area contributed by atoms with Gasteiger partial charge in [0.15, 0.2) is 0 Å². The van der Waals surface area contributed by atoms with Crippen molar-refractivity contribution in [3.63, 3.8) is 0 Å². The maximum absolute atomic E-state index is 13.4. The molecule has 0 N–H and O–H groups in total. The fourth-order valence-corrected chi connectivity index (χ4v) is 3.95. The molecule has 1 aliphatic heterocycles. The first-order valence-electron chi connectivity index (χ1n) is 10.4. The number of carbonyl (C=O) groups is 2. The van der Waals surface area contributed by atoms with Crippen LogP contribution in [0.15, 0.2) is 48.5 Å². The summed E-state index contributed by atoms with van der Waals surface area (Å²) in [6.45, 7) is 5.67. The standard InChI is InChI=1S/C24H29ClN2O3/c1-17(2)21-16-30-22-13-7-5-11-19(22)23(28)26(3)14-8-9-15-27(21)24(29)18-10-4-6-12-20(18)25/h4-7,10-13,17,21H,8-9,14-16H2,1-3H3/t21-/m1/s1. The van der Waals surface area contributed by atoms with E-state index < -0.39 is 0 Å². The van der Waals surface area contributed by atoms with Crippen molar-refractivity contribution in [1.82, 2.24) is 9.80 Å². The number of nitrogens with zero attached hydrogens (tertiary/aromatic N) is 2. The number of para-hydroxylation sites is 1. The first-order valence-corrected chi connectivity index (χ1v) is 10.8. The van der Waals surface area contributed by atoms with Crippen LogP contribution in [0.1, 0.15) is 47.4 Å². The van der Waals surface area contributed by atoms with Crippen LogP contribution in [0.2, 0.25) is 5.02 Å². The van der Waals surface area contributed by atoms with E-state index in [1.54, 1.807) is 30.1 Å². The number of carbonyl (C=O) groups excluding carboxylic acids is 2. The molecule has 0 fully saturated rings. The molecule has 5 nitrogen and oxygen atoms in total. The molecular formula is C24H29ClN2O3. The average molecular weight is 429 g/mol. The SMILES string of the molecule is CC(C)[C@H]1COc2ccccc2C(=O)N(C)CCCCN1C(=O)c1ccccc1Cl. The molecular weight excluding hydrogens is 400 g/mol. The van der Waals surface area contributed by atoms with Crippen molar-refractivity contribution in [1.29, 1.82) is 0 Å². The first-order chi connectivity index (χ1) is 14.4. The molecule has 30 heavy (non-hydrogen) atoms. The summed E-state index contributed by atoms with van der Waals surface area (Å²) in [5.41, 5.74) is 1.05. The molecule has 2 aromatic rings. The van der Waals surface area contributed by atoms with E-state index in [-0.39, 0.29) is 23.8 Å². The van der Waals surface area contributed by atoms with Crippen LogP contribution in [0.3, 0.4) is 0 Å². The second-order valence-electron chi connectivity index (χ2n) is 8.03. The third-order valence-corrected chi connectivity index (χ3v) is 5.88. The second kappa shape index (κ2) is 9.98.